The quantitative estimate of drug-likeness (QED) is 0.768. The van der Waals surface area contributed by atoms with Gasteiger partial charge in [-0.3, -0.25) is 9.10 Å². The van der Waals surface area contributed by atoms with E-state index in [2.05, 4.69) is 0 Å². The second-order valence-corrected chi connectivity index (χ2v) is 8.87. The van der Waals surface area contributed by atoms with Crippen LogP contribution in [0.5, 0.6) is 0 Å². The minimum absolute atomic E-state index is 0.230. The molecule has 138 valence electrons. The lowest BCUT2D eigenvalue weighted by Crippen LogP contribution is -2.44. The number of benzene rings is 2. The molecule has 1 heterocycles. The summed E-state index contributed by atoms with van der Waals surface area (Å²) in [5, 5.41) is 0.550. The summed E-state index contributed by atoms with van der Waals surface area (Å²) in [5.74, 6) is -0.284. The highest BCUT2D eigenvalue weighted by atomic mass is 35.5. The van der Waals surface area contributed by atoms with Crippen molar-refractivity contribution in [2.24, 2.45) is 0 Å². The summed E-state index contributed by atoms with van der Waals surface area (Å²) in [7, 11) is -3.67. The number of carbonyl (C=O) groups excluding carboxylic acids is 1. The number of carbonyl (C=O) groups is 1. The standard InChI is InChI=1S/C18H18Cl2N2O3S/c1-26(24,25)22(14-8-9-15(19)16(20)11-14)12-18(23)21-10-4-6-13-5-2-3-7-17(13)21/h2-3,5,7-9,11H,4,6,10,12H2,1H3. The maximum absolute atomic E-state index is 12.9. The molecule has 3 rings (SSSR count). The van der Waals surface area contributed by atoms with Gasteiger partial charge in [0.05, 0.1) is 22.0 Å². The van der Waals surface area contributed by atoms with Gasteiger partial charge in [0.15, 0.2) is 0 Å². The Morgan fingerprint density at radius 2 is 1.88 bits per heavy atom. The van der Waals surface area contributed by atoms with Crippen molar-refractivity contribution in [2.45, 2.75) is 12.8 Å². The number of sulfonamides is 1. The molecule has 0 bridgehead atoms. The summed E-state index contributed by atoms with van der Waals surface area (Å²) in [6.45, 7) is 0.264. The number of rotatable bonds is 4. The van der Waals surface area contributed by atoms with Crippen LogP contribution in [-0.2, 0) is 21.2 Å². The van der Waals surface area contributed by atoms with Gasteiger partial charge in [0.25, 0.3) is 0 Å². The molecule has 2 aromatic rings. The number of para-hydroxylation sites is 1. The molecule has 0 aromatic heterocycles. The maximum atomic E-state index is 12.9. The molecule has 26 heavy (non-hydrogen) atoms. The Hall–Kier alpha value is -1.76. The van der Waals surface area contributed by atoms with Crippen LogP contribution >= 0.6 is 23.2 Å². The number of anilines is 2. The molecule has 1 amide bonds. The molecule has 0 saturated carbocycles. The van der Waals surface area contributed by atoms with Gasteiger partial charge in [0.2, 0.25) is 15.9 Å². The van der Waals surface area contributed by atoms with Crippen molar-refractivity contribution < 1.29 is 13.2 Å². The molecule has 0 spiro atoms. The molecule has 0 aliphatic carbocycles. The van der Waals surface area contributed by atoms with Crippen molar-refractivity contribution in [3.05, 3.63) is 58.1 Å². The average Bonchev–Trinajstić information content (AvgIpc) is 2.60. The summed E-state index contributed by atoms with van der Waals surface area (Å²) in [4.78, 5) is 14.6. The lowest BCUT2D eigenvalue weighted by molar-refractivity contribution is -0.117. The normalized spacial score (nSPS) is 14.0. The monoisotopic (exact) mass is 412 g/mol. The highest BCUT2D eigenvalue weighted by Gasteiger charge is 2.27. The predicted molar refractivity (Wildman–Crippen MR) is 106 cm³/mol. The van der Waals surface area contributed by atoms with Crippen molar-refractivity contribution >= 4 is 50.5 Å². The van der Waals surface area contributed by atoms with E-state index in [1.165, 1.54) is 18.2 Å². The summed E-state index contributed by atoms with van der Waals surface area (Å²) < 4.78 is 25.6. The second-order valence-electron chi connectivity index (χ2n) is 6.15. The van der Waals surface area contributed by atoms with E-state index in [-0.39, 0.29) is 17.5 Å². The number of aryl methyl sites for hydroxylation is 1. The molecule has 5 nitrogen and oxygen atoms in total. The topological polar surface area (TPSA) is 57.7 Å². The molecule has 0 radical (unpaired) electrons. The molecule has 0 saturated heterocycles. The lowest BCUT2D eigenvalue weighted by Gasteiger charge is -2.31. The zero-order valence-corrected chi connectivity index (χ0v) is 16.5. The Kier molecular flexibility index (Phi) is 5.46. The summed E-state index contributed by atoms with van der Waals surface area (Å²) in [6, 6.07) is 12.2. The third-order valence-corrected chi connectivity index (χ3v) is 6.16. The summed E-state index contributed by atoms with van der Waals surface area (Å²) >= 11 is 11.9. The molecular weight excluding hydrogens is 395 g/mol. The first-order chi connectivity index (χ1) is 12.3. The molecule has 1 aliphatic heterocycles. The maximum Gasteiger partial charge on any atom is 0.247 e. The van der Waals surface area contributed by atoms with Gasteiger partial charge in [-0.05, 0) is 42.7 Å². The minimum atomic E-state index is -3.67. The number of fused-ring (bicyclic) bond motifs is 1. The summed E-state index contributed by atoms with van der Waals surface area (Å²) in [6.07, 6.45) is 2.81. The van der Waals surface area contributed by atoms with Gasteiger partial charge in [0, 0.05) is 12.2 Å². The van der Waals surface area contributed by atoms with Gasteiger partial charge in [-0.1, -0.05) is 41.4 Å². The van der Waals surface area contributed by atoms with Crippen molar-refractivity contribution in [3.63, 3.8) is 0 Å². The van der Waals surface area contributed by atoms with Crippen LogP contribution in [0.15, 0.2) is 42.5 Å². The molecule has 1 aliphatic rings. The van der Waals surface area contributed by atoms with E-state index in [1.807, 2.05) is 24.3 Å². The molecule has 0 unspecified atom stereocenters. The predicted octanol–water partition coefficient (Wildman–Crippen LogP) is 3.74. The van der Waals surface area contributed by atoms with Gasteiger partial charge in [-0.2, -0.15) is 0 Å². The molecular formula is C18H18Cl2N2O3S. The van der Waals surface area contributed by atoms with Crippen molar-refractivity contribution in [3.8, 4) is 0 Å². The second kappa shape index (κ2) is 7.47. The fourth-order valence-corrected chi connectivity index (χ4v) is 4.17. The Labute approximate surface area is 163 Å². The minimum Gasteiger partial charge on any atom is -0.311 e. The number of halogens is 2. The zero-order chi connectivity index (χ0) is 18.9. The van der Waals surface area contributed by atoms with Crippen LogP contribution in [0.25, 0.3) is 0 Å². The Bertz CT molecular complexity index is 947. The van der Waals surface area contributed by atoms with Crippen molar-refractivity contribution in [2.75, 3.05) is 28.6 Å². The first-order valence-corrected chi connectivity index (χ1v) is 10.7. The van der Waals surface area contributed by atoms with Crippen molar-refractivity contribution in [1.29, 1.82) is 0 Å². The van der Waals surface area contributed by atoms with Gasteiger partial charge < -0.3 is 4.90 Å². The van der Waals surface area contributed by atoms with E-state index < -0.39 is 10.0 Å². The molecule has 8 heteroatoms. The van der Waals surface area contributed by atoms with Gasteiger partial charge >= 0.3 is 0 Å². The van der Waals surface area contributed by atoms with Gasteiger partial charge in [0.1, 0.15) is 6.54 Å². The van der Waals surface area contributed by atoms with Crippen LogP contribution < -0.4 is 9.21 Å². The van der Waals surface area contributed by atoms with Crippen LogP contribution in [0, 0.1) is 0 Å². The Morgan fingerprint density at radius 3 is 2.58 bits per heavy atom. The highest BCUT2D eigenvalue weighted by Crippen LogP contribution is 2.30. The SMILES string of the molecule is CS(=O)(=O)N(CC(=O)N1CCCc2ccccc21)c1ccc(Cl)c(Cl)c1. The molecule has 0 fully saturated rings. The molecule has 2 aromatic carbocycles. The Balaban J connectivity index is 1.91. The van der Waals surface area contributed by atoms with Crippen molar-refractivity contribution in [1.82, 2.24) is 0 Å². The van der Waals surface area contributed by atoms with Crippen LogP contribution in [0.4, 0.5) is 11.4 Å². The third-order valence-electron chi connectivity index (χ3n) is 4.28. The molecule has 0 N–H and O–H groups in total. The lowest BCUT2D eigenvalue weighted by atomic mass is 10.0. The van der Waals surface area contributed by atoms with E-state index >= 15 is 0 Å². The average molecular weight is 413 g/mol. The van der Waals surface area contributed by atoms with Crippen LogP contribution in [0.1, 0.15) is 12.0 Å². The highest BCUT2D eigenvalue weighted by molar-refractivity contribution is 7.92. The van der Waals surface area contributed by atoms with Gasteiger partial charge in [-0.15, -0.1) is 0 Å². The van der Waals surface area contributed by atoms with E-state index in [0.29, 0.717) is 17.3 Å². The number of amides is 1. The first-order valence-electron chi connectivity index (χ1n) is 8.08. The van der Waals surface area contributed by atoms with Crippen LogP contribution in [-0.4, -0.2) is 33.7 Å². The van der Waals surface area contributed by atoms with Gasteiger partial charge in [-0.25, -0.2) is 8.42 Å². The van der Waals surface area contributed by atoms with E-state index in [1.54, 1.807) is 4.90 Å². The van der Waals surface area contributed by atoms with E-state index in [9.17, 15) is 13.2 Å². The number of hydrogen-bond donors (Lipinski definition) is 0. The van der Waals surface area contributed by atoms with E-state index in [0.717, 1.165) is 34.7 Å². The van der Waals surface area contributed by atoms with E-state index in [4.69, 9.17) is 23.2 Å². The fraction of sp³-hybridized carbons (Fsp3) is 0.278. The first kappa shape index (κ1) is 19.0. The number of hydrogen-bond acceptors (Lipinski definition) is 3. The molecule has 0 atom stereocenters. The summed E-state index contributed by atoms with van der Waals surface area (Å²) in [5.41, 5.74) is 2.24. The number of nitrogens with zero attached hydrogens (tertiary/aromatic N) is 2. The zero-order valence-electron chi connectivity index (χ0n) is 14.2. The van der Waals surface area contributed by atoms with Crippen LogP contribution in [0.3, 0.4) is 0 Å². The Morgan fingerprint density at radius 1 is 1.15 bits per heavy atom. The van der Waals surface area contributed by atoms with Crippen LogP contribution in [0.2, 0.25) is 10.0 Å². The fourth-order valence-electron chi connectivity index (χ4n) is 3.04. The third kappa shape index (κ3) is 3.98. The largest absolute Gasteiger partial charge is 0.311 e. The smallest absolute Gasteiger partial charge is 0.247 e.